The molecule has 0 aromatic heterocycles. The Kier molecular flexibility index (Phi) is 7.37. The van der Waals surface area contributed by atoms with Crippen LogP contribution < -0.4 is 0 Å². The van der Waals surface area contributed by atoms with Gasteiger partial charge in [-0.05, 0) is 17.5 Å². The van der Waals surface area contributed by atoms with Gasteiger partial charge in [0.15, 0.2) is 0 Å². The van der Waals surface area contributed by atoms with Gasteiger partial charge in [-0.3, -0.25) is 0 Å². The summed E-state index contributed by atoms with van der Waals surface area (Å²) in [4.78, 5) is 11.7. The van der Waals surface area contributed by atoms with Crippen LogP contribution in [0.1, 0.15) is 50.2 Å². The van der Waals surface area contributed by atoms with Gasteiger partial charge in [0, 0.05) is 11.0 Å². The van der Waals surface area contributed by atoms with Crippen molar-refractivity contribution in [3.05, 3.63) is 83.9 Å². The number of aliphatic carboxylic acids is 1. The number of carboxylic acids is 1. The first-order chi connectivity index (χ1) is 13.1. The maximum absolute atomic E-state index is 11.7. The molecule has 0 amide bonds. The molecule has 1 unspecified atom stereocenters. The first-order valence-corrected chi connectivity index (χ1v) is 9.50. The van der Waals surface area contributed by atoms with E-state index in [2.05, 4.69) is 19.6 Å². The molecule has 0 spiro atoms. The molecule has 0 aliphatic heterocycles. The lowest BCUT2D eigenvalue weighted by Crippen LogP contribution is -2.38. The SMILES string of the molecule is C=C(C(=O)O)C(C#N)C(CCCCCC)(c1ccccc1)c1ccccc1. The maximum Gasteiger partial charge on any atom is 0.332 e. The largest absolute Gasteiger partial charge is 0.478 e. The van der Waals surface area contributed by atoms with Crippen LogP contribution in [0.25, 0.3) is 0 Å². The molecule has 2 aromatic carbocycles. The van der Waals surface area contributed by atoms with Gasteiger partial charge in [-0.15, -0.1) is 0 Å². The highest BCUT2D eigenvalue weighted by atomic mass is 16.4. The summed E-state index contributed by atoms with van der Waals surface area (Å²) >= 11 is 0. The zero-order valence-corrected chi connectivity index (χ0v) is 15.9. The third-order valence-corrected chi connectivity index (χ3v) is 5.25. The summed E-state index contributed by atoms with van der Waals surface area (Å²) in [6, 6.07) is 21.9. The summed E-state index contributed by atoms with van der Waals surface area (Å²) in [5.41, 5.74) is 1.13. The van der Waals surface area contributed by atoms with Crippen LogP contribution in [0.5, 0.6) is 0 Å². The zero-order valence-electron chi connectivity index (χ0n) is 15.9. The predicted molar refractivity (Wildman–Crippen MR) is 108 cm³/mol. The maximum atomic E-state index is 11.7. The van der Waals surface area contributed by atoms with Crippen LogP contribution in [0.15, 0.2) is 72.8 Å². The molecule has 2 rings (SSSR count). The number of hydrogen-bond donors (Lipinski definition) is 1. The van der Waals surface area contributed by atoms with Crippen molar-refractivity contribution >= 4 is 5.97 Å². The molecule has 0 fully saturated rings. The van der Waals surface area contributed by atoms with Crippen molar-refractivity contribution < 1.29 is 9.90 Å². The van der Waals surface area contributed by atoms with Gasteiger partial charge in [0.2, 0.25) is 0 Å². The molecule has 0 aliphatic rings. The fourth-order valence-electron chi connectivity index (χ4n) is 3.84. The molecule has 0 saturated carbocycles. The second-order valence-electron chi connectivity index (χ2n) is 6.91. The minimum Gasteiger partial charge on any atom is -0.478 e. The molecule has 1 atom stereocenters. The van der Waals surface area contributed by atoms with Gasteiger partial charge < -0.3 is 5.11 Å². The van der Waals surface area contributed by atoms with Crippen LogP contribution in [0.3, 0.4) is 0 Å². The van der Waals surface area contributed by atoms with E-state index in [1.54, 1.807) is 0 Å². The second kappa shape index (κ2) is 9.73. The predicted octanol–water partition coefficient (Wildman–Crippen LogP) is 5.72. The van der Waals surface area contributed by atoms with Crippen LogP contribution in [0, 0.1) is 17.2 Å². The van der Waals surface area contributed by atoms with Crippen LogP contribution in [-0.4, -0.2) is 11.1 Å². The molecule has 0 radical (unpaired) electrons. The molecule has 0 saturated heterocycles. The average molecular weight is 361 g/mol. The third-order valence-electron chi connectivity index (χ3n) is 5.25. The Morgan fingerprint density at radius 2 is 1.56 bits per heavy atom. The Balaban J connectivity index is 2.67. The van der Waals surface area contributed by atoms with E-state index in [4.69, 9.17) is 0 Å². The summed E-state index contributed by atoms with van der Waals surface area (Å²) in [5.74, 6) is -1.97. The van der Waals surface area contributed by atoms with Gasteiger partial charge in [0.05, 0.1) is 12.0 Å². The van der Waals surface area contributed by atoms with E-state index < -0.39 is 17.3 Å². The molecule has 0 heterocycles. The summed E-state index contributed by atoms with van der Waals surface area (Å²) in [6.45, 7) is 5.92. The molecule has 27 heavy (non-hydrogen) atoms. The monoisotopic (exact) mass is 361 g/mol. The summed E-state index contributed by atoms with van der Waals surface area (Å²) in [6.07, 6.45) is 4.91. The number of hydrogen-bond acceptors (Lipinski definition) is 2. The lowest BCUT2D eigenvalue weighted by Gasteiger charge is -2.39. The Bertz CT molecular complexity index is 751. The standard InChI is InChI=1S/C24H27NO2/c1-3-4-5-12-17-24(20-13-8-6-9-14-20,21-15-10-7-11-16-21)22(18-25)19(2)23(26)27/h6-11,13-16,22H,2-5,12,17H2,1H3,(H,26,27). The molecule has 0 bridgehead atoms. The third kappa shape index (κ3) is 4.46. The first kappa shape index (κ1) is 20.5. The van der Waals surface area contributed by atoms with E-state index in [1.165, 1.54) is 0 Å². The summed E-state index contributed by atoms with van der Waals surface area (Å²) in [5, 5.41) is 19.6. The molecular weight excluding hydrogens is 334 g/mol. The molecule has 1 N–H and O–H groups in total. The van der Waals surface area contributed by atoms with E-state index in [0.717, 1.165) is 36.8 Å². The number of carbonyl (C=O) groups is 1. The van der Waals surface area contributed by atoms with Crippen molar-refractivity contribution in [2.75, 3.05) is 0 Å². The van der Waals surface area contributed by atoms with Gasteiger partial charge in [0.1, 0.15) is 0 Å². The van der Waals surface area contributed by atoms with Crippen molar-refractivity contribution in [2.24, 2.45) is 5.92 Å². The quantitative estimate of drug-likeness (QED) is 0.434. The van der Waals surface area contributed by atoms with Crippen molar-refractivity contribution in [3.8, 4) is 6.07 Å². The minimum atomic E-state index is -1.12. The lowest BCUT2D eigenvalue weighted by atomic mass is 9.61. The van der Waals surface area contributed by atoms with E-state index in [9.17, 15) is 15.2 Å². The Labute approximate surface area is 162 Å². The number of benzene rings is 2. The normalized spacial score (nSPS) is 12.1. The van der Waals surface area contributed by atoms with E-state index in [0.29, 0.717) is 6.42 Å². The minimum absolute atomic E-state index is 0.0549. The van der Waals surface area contributed by atoms with Gasteiger partial charge in [-0.2, -0.15) is 5.26 Å². The van der Waals surface area contributed by atoms with Crippen LogP contribution in [-0.2, 0) is 10.2 Å². The number of nitriles is 1. The van der Waals surface area contributed by atoms with E-state index >= 15 is 0 Å². The van der Waals surface area contributed by atoms with E-state index in [-0.39, 0.29) is 5.57 Å². The van der Waals surface area contributed by atoms with Gasteiger partial charge in [-0.1, -0.05) is 99.8 Å². The fourth-order valence-corrected chi connectivity index (χ4v) is 3.84. The topological polar surface area (TPSA) is 61.1 Å². The van der Waals surface area contributed by atoms with Crippen molar-refractivity contribution in [1.82, 2.24) is 0 Å². The zero-order chi connectivity index (χ0) is 19.7. The molecule has 2 aromatic rings. The van der Waals surface area contributed by atoms with Crippen molar-refractivity contribution in [2.45, 2.75) is 44.4 Å². The van der Waals surface area contributed by atoms with E-state index in [1.807, 2.05) is 60.7 Å². The molecule has 3 nitrogen and oxygen atoms in total. The van der Waals surface area contributed by atoms with Crippen LogP contribution in [0.4, 0.5) is 0 Å². The van der Waals surface area contributed by atoms with Gasteiger partial charge >= 0.3 is 5.97 Å². The second-order valence-corrected chi connectivity index (χ2v) is 6.91. The van der Waals surface area contributed by atoms with Crippen molar-refractivity contribution in [3.63, 3.8) is 0 Å². The molecule has 3 heteroatoms. The van der Waals surface area contributed by atoms with Crippen molar-refractivity contribution in [1.29, 1.82) is 5.26 Å². The average Bonchev–Trinajstić information content (AvgIpc) is 2.71. The van der Waals surface area contributed by atoms with Crippen LogP contribution >= 0.6 is 0 Å². The molecule has 0 aliphatic carbocycles. The molecular formula is C24H27NO2. The number of unbranched alkanes of at least 4 members (excludes halogenated alkanes) is 3. The summed E-state index contributed by atoms with van der Waals surface area (Å²) < 4.78 is 0. The number of carboxylic acid groups (broad SMARTS) is 1. The Morgan fingerprint density at radius 1 is 1.04 bits per heavy atom. The first-order valence-electron chi connectivity index (χ1n) is 9.50. The smallest absolute Gasteiger partial charge is 0.332 e. The number of nitrogens with zero attached hydrogens (tertiary/aromatic N) is 1. The highest BCUT2D eigenvalue weighted by Crippen LogP contribution is 2.46. The Hall–Kier alpha value is -2.86. The Morgan fingerprint density at radius 3 is 1.96 bits per heavy atom. The lowest BCUT2D eigenvalue weighted by molar-refractivity contribution is -0.133. The van der Waals surface area contributed by atoms with Gasteiger partial charge in [-0.25, -0.2) is 4.79 Å². The highest BCUT2D eigenvalue weighted by molar-refractivity contribution is 5.87. The van der Waals surface area contributed by atoms with Gasteiger partial charge in [0.25, 0.3) is 0 Å². The molecule has 140 valence electrons. The number of rotatable bonds is 10. The fraction of sp³-hybridized carbons (Fsp3) is 0.333. The highest BCUT2D eigenvalue weighted by Gasteiger charge is 2.44. The van der Waals surface area contributed by atoms with Crippen LogP contribution in [0.2, 0.25) is 0 Å². The summed E-state index contributed by atoms with van der Waals surface area (Å²) in [7, 11) is 0.